The highest BCUT2D eigenvalue weighted by Crippen LogP contribution is 2.29. The summed E-state index contributed by atoms with van der Waals surface area (Å²) in [4.78, 5) is 24.0. The molecule has 0 spiro atoms. The Balaban J connectivity index is 1.65. The predicted octanol–water partition coefficient (Wildman–Crippen LogP) is 3.90. The quantitative estimate of drug-likeness (QED) is 0.442. The first kappa shape index (κ1) is 20.4. The Morgan fingerprint density at radius 3 is 2.45 bits per heavy atom. The Kier molecular flexibility index (Phi) is 6.12. The topological polar surface area (TPSA) is 93.5 Å². The Labute approximate surface area is 179 Å². The van der Waals surface area contributed by atoms with Gasteiger partial charge in [-0.25, -0.2) is 5.10 Å². The van der Waals surface area contributed by atoms with Crippen molar-refractivity contribution in [3.8, 4) is 22.5 Å². The molecule has 156 valence electrons. The number of aromatic nitrogens is 5. The first-order valence-corrected chi connectivity index (χ1v) is 10.3. The normalized spacial score (nSPS) is 10.9. The number of unbranched alkanes of at least 4 members (excludes halogenated alkanes) is 1. The van der Waals surface area contributed by atoms with Crippen LogP contribution in [0.4, 0.5) is 0 Å². The first-order valence-electron chi connectivity index (χ1n) is 10.3. The largest absolute Gasteiger partial charge is 0.308 e. The predicted molar refractivity (Wildman–Crippen MR) is 119 cm³/mol. The van der Waals surface area contributed by atoms with Crippen LogP contribution in [0, 0.1) is 0 Å². The number of carbonyl (C=O) groups excluding carboxylic acids is 1. The fourth-order valence-electron chi connectivity index (χ4n) is 3.66. The van der Waals surface area contributed by atoms with Crippen molar-refractivity contribution in [2.45, 2.75) is 32.7 Å². The summed E-state index contributed by atoms with van der Waals surface area (Å²) in [5.74, 6) is 0.609. The molecule has 0 atom stereocenters. The van der Waals surface area contributed by atoms with Gasteiger partial charge >= 0.3 is 0 Å². The van der Waals surface area contributed by atoms with E-state index in [1.165, 1.54) is 0 Å². The van der Waals surface area contributed by atoms with Crippen molar-refractivity contribution in [2.75, 3.05) is 0 Å². The molecule has 7 heteroatoms. The third-order valence-electron chi connectivity index (χ3n) is 5.34. The first-order chi connectivity index (χ1) is 15.2. The molecule has 2 aromatic carbocycles. The second-order valence-electron chi connectivity index (χ2n) is 7.39. The number of nitrogens with zero attached hydrogens (tertiary/aromatic N) is 4. The van der Waals surface area contributed by atoms with Crippen molar-refractivity contribution < 1.29 is 4.79 Å². The average molecular weight is 413 g/mol. The molecule has 2 heterocycles. The lowest BCUT2D eigenvalue weighted by molar-refractivity contribution is 0.112. The molecular formula is C24H23N5O2. The van der Waals surface area contributed by atoms with Crippen LogP contribution in [-0.4, -0.2) is 31.5 Å². The monoisotopic (exact) mass is 413 g/mol. The van der Waals surface area contributed by atoms with E-state index in [-0.39, 0.29) is 11.1 Å². The molecule has 0 aliphatic rings. The summed E-state index contributed by atoms with van der Waals surface area (Å²) in [5.41, 5.74) is 4.83. The van der Waals surface area contributed by atoms with Gasteiger partial charge in [-0.2, -0.15) is 0 Å². The Bertz CT molecular complexity index is 1230. The molecule has 7 nitrogen and oxygen atoms in total. The van der Waals surface area contributed by atoms with Crippen LogP contribution in [0.2, 0.25) is 0 Å². The lowest BCUT2D eigenvalue weighted by Crippen LogP contribution is -2.27. The highest BCUT2D eigenvalue weighted by atomic mass is 16.1. The van der Waals surface area contributed by atoms with Crippen LogP contribution in [0.15, 0.2) is 65.5 Å². The van der Waals surface area contributed by atoms with Crippen LogP contribution < -0.4 is 5.56 Å². The van der Waals surface area contributed by atoms with Crippen molar-refractivity contribution in [1.29, 1.82) is 0 Å². The lowest BCUT2D eigenvalue weighted by Gasteiger charge is -2.14. The lowest BCUT2D eigenvalue weighted by atomic mass is 9.98. The average Bonchev–Trinajstić information content (AvgIpc) is 3.35. The molecule has 0 fully saturated rings. The van der Waals surface area contributed by atoms with Gasteiger partial charge in [-0.1, -0.05) is 61.9 Å². The Hall–Kier alpha value is -3.87. The van der Waals surface area contributed by atoms with Crippen molar-refractivity contribution in [3.63, 3.8) is 0 Å². The van der Waals surface area contributed by atoms with E-state index < -0.39 is 0 Å². The van der Waals surface area contributed by atoms with E-state index in [9.17, 15) is 9.59 Å². The zero-order valence-corrected chi connectivity index (χ0v) is 17.3. The highest BCUT2D eigenvalue weighted by Gasteiger charge is 2.12. The maximum Gasteiger partial charge on any atom is 0.261 e. The standard InChI is InChI=1S/C24H23N5O2/c1-2-3-6-20-14-13-19(16-30)24(31)29(20)15-17-9-11-18(12-10-17)21-7-4-5-8-22(21)23-25-27-28-26-23/h4-5,7-14,16H,2-3,6,15H2,1H3,(H,25,26,27,28). The minimum absolute atomic E-state index is 0.187. The molecule has 0 saturated carbocycles. The molecule has 0 amide bonds. The van der Waals surface area contributed by atoms with Gasteiger partial charge in [0.2, 0.25) is 0 Å². The van der Waals surface area contributed by atoms with E-state index >= 15 is 0 Å². The van der Waals surface area contributed by atoms with Gasteiger partial charge in [0, 0.05) is 11.3 Å². The number of rotatable bonds is 8. The van der Waals surface area contributed by atoms with E-state index in [0.29, 0.717) is 18.7 Å². The summed E-state index contributed by atoms with van der Waals surface area (Å²) in [6, 6.07) is 19.5. The van der Waals surface area contributed by atoms with E-state index in [1.807, 2.05) is 54.6 Å². The molecule has 0 saturated heterocycles. The zero-order valence-electron chi connectivity index (χ0n) is 17.3. The van der Waals surface area contributed by atoms with Crippen LogP contribution in [-0.2, 0) is 13.0 Å². The molecule has 31 heavy (non-hydrogen) atoms. The molecule has 1 N–H and O–H groups in total. The fourth-order valence-corrected chi connectivity index (χ4v) is 3.66. The molecule has 0 radical (unpaired) electrons. The summed E-state index contributed by atoms with van der Waals surface area (Å²) in [7, 11) is 0. The van der Waals surface area contributed by atoms with Gasteiger partial charge in [-0.05, 0) is 52.1 Å². The number of H-pyrrole nitrogens is 1. The number of pyridine rings is 1. The molecule has 0 unspecified atom stereocenters. The van der Waals surface area contributed by atoms with Crippen LogP contribution in [0.5, 0.6) is 0 Å². The van der Waals surface area contributed by atoms with Gasteiger partial charge in [-0.15, -0.1) is 5.10 Å². The minimum atomic E-state index is -0.240. The smallest absolute Gasteiger partial charge is 0.261 e. The number of aryl methyl sites for hydroxylation is 1. The minimum Gasteiger partial charge on any atom is -0.308 e. The van der Waals surface area contributed by atoms with Gasteiger partial charge in [0.25, 0.3) is 5.56 Å². The van der Waals surface area contributed by atoms with E-state index in [0.717, 1.165) is 47.2 Å². The van der Waals surface area contributed by atoms with Gasteiger partial charge in [0.1, 0.15) is 0 Å². The van der Waals surface area contributed by atoms with Crippen molar-refractivity contribution >= 4 is 6.29 Å². The summed E-state index contributed by atoms with van der Waals surface area (Å²) in [6.45, 7) is 2.54. The Morgan fingerprint density at radius 2 is 1.77 bits per heavy atom. The second-order valence-corrected chi connectivity index (χ2v) is 7.39. The number of carbonyl (C=O) groups is 1. The summed E-state index contributed by atoms with van der Waals surface area (Å²) >= 11 is 0. The van der Waals surface area contributed by atoms with E-state index in [1.54, 1.807) is 10.6 Å². The van der Waals surface area contributed by atoms with Crippen molar-refractivity contribution in [3.05, 3.63) is 87.8 Å². The molecular weight excluding hydrogens is 390 g/mol. The number of hydrogen-bond acceptors (Lipinski definition) is 5. The number of tetrazole rings is 1. The van der Waals surface area contributed by atoms with E-state index in [4.69, 9.17) is 0 Å². The van der Waals surface area contributed by atoms with Crippen LogP contribution in [0.1, 0.15) is 41.4 Å². The summed E-state index contributed by atoms with van der Waals surface area (Å²) in [5, 5.41) is 14.2. The van der Waals surface area contributed by atoms with Crippen LogP contribution in [0.25, 0.3) is 22.5 Å². The zero-order chi connectivity index (χ0) is 21.6. The van der Waals surface area contributed by atoms with Crippen LogP contribution >= 0.6 is 0 Å². The summed E-state index contributed by atoms with van der Waals surface area (Å²) < 4.78 is 1.71. The maximum atomic E-state index is 12.8. The Morgan fingerprint density at radius 1 is 1.00 bits per heavy atom. The maximum absolute atomic E-state index is 12.8. The molecule has 4 aromatic rings. The van der Waals surface area contributed by atoms with Gasteiger partial charge in [0.05, 0.1) is 12.1 Å². The molecule has 0 aliphatic heterocycles. The second kappa shape index (κ2) is 9.30. The molecule has 4 rings (SSSR count). The fraction of sp³-hybridized carbons (Fsp3) is 0.208. The van der Waals surface area contributed by atoms with Gasteiger partial charge < -0.3 is 4.57 Å². The molecule has 0 aliphatic carbocycles. The van der Waals surface area contributed by atoms with Crippen molar-refractivity contribution in [1.82, 2.24) is 25.2 Å². The highest BCUT2D eigenvalue weighted by molar-refractivity contribution is 5.80. The van der Waals surface area contributed by atoms with E-state index in [2.05, 4.69) is 27.5 Å². The number of aromatic amines is 1. The number of benzene rings is 2. The SMILES string of the molecule is CCCCc1ccc(C=O)c(=O)n1Cc1ccc(-c2ccccc2-c2nnn[nH]2)cc1. The number of nitrogens with one attached hydrogen (secondary N) is 1. The molecule has 2 aromatic heterocycles. The molecule has 0 bridgehead atoms. The third kappa shape index (κ3) is 4.35. The third-order valence-corrected chi connectivity index (χ3v) is 5.34. The number of hydrogen-bond donors (Lipinski definition) is 1. The van der Waals surface area contributed by atoms with Gasteiger partial charge in [0.15, 0.2) is 12.1 Å². The van der Waals surface area contributed by atoms with Crippen LogP contribution in [0.3, 0.4) is 0 Å². The van der Waals surface area contributed by atoms with Crippen molar-refractivity contribution in [2.24, 2.45) is 0 Å². The van der Waals surface area contributed by atoms with Gasteiger partial charge in [-0.3, -0.25) is 9.59 Å². The number of aldehydes is 1. The summed E-state index contributed by atoms with van der Waals surface area (Å²) in [6.07, 6.45) is 3.47.